The Balaban J connectivity index is 1.63. The Morgan fingerprint density at radius 2 is 1.78 bits per heavy atom. The van der Waals surface area contributed by atoms with E-state index in [4.69, 9.17) is 15.7 Å². The van der Waals surface area contributed by atoms with Gasteiger partial charge in [-0.15, -0.1) is 0 Å². The maximum Gasteiger partial charge on any atom is 0.281 e. The second-order valence-electron chi connectivity index (χ2n) is 12.6. The number of amides is 1. The highest BCUT2D eigenvalue weighted by molar-refractivity contribution is 7.90. The fourth-order valence-corrected chi connectivity index (χ4v) is 6.69. The molecule has 1 saturated heterocycles. The minimum atomic E-state index is -4.27. The zero-order valence-electron chi connectivity index (χ0n) is 24.3. The minimum Gasteiger partial charge on any atom is -0.362 e. The second kappa shape index (κ2) is 10.7. The molecule has 0 aromatic carbocycles. The third kappa shape index (κ3) is 6.06. The van der Waals surface area contributed by atoms with Crippen molar-refractivity contribution in [2.75, 3.05) is 16.8 Å². The summed E-state index contributed by atoms with van der Waals surface area (Å²) in [5.74, 6) is 0.464. The molecule has 11 heteroatoms. The Hall–Kier alpha value is -3.57. The summed E-state index contributed by atoms with van der Waals surface area (Å²) in [5, 5.41) is 3.15. The van der Waals surface area contributed by atoms with Crippen LogP contribution in [0.5, 0.6) is 0 Å². The van der Waals surface area contributed by atoms with Gasteiger partial charge in [0, 0.05) is 29.7 Å². The van der Waals surface area contributed by atoms with E-state index in [2.05, 4.69) is 54.5 Å². The lowest BCUT2D eigenvalue weighted by Gasteiger charge is -2.34. The van der Waals surface area contributed by atoms with Crippen LogP contribution in [0.4, 0.5) is 11.6 Å². The largest absolute Gasteiger partial charge is 0.362 e. The summed E-state index contributed by atoms with van der Waals surface area (Å²) in [4.78, 5) is 29.8. The number of sulfonamides is 1. The zero-order chi connectivity index (χ0) is 29.6. The van der Waals surface area contributed by atoms with E-state index in [1.807, 2.05) is 18.2 Å². The Bertz CT molecular complexity index is 1570. The summed E-state index contributed by atoms with van der Waals surface area (Å²) in [5.41, 5.74) is 7.96. The number of hydrogen-bond donors (Lipinski definition) is 3. The van der Waals surface area contributed by atoms with Gasteiger partial charge in [-0.2, -0.15) is 8.42 Å². The van der Waals surface area contributed by atoms with Gasteiger partial charge < -0.3 is 16.0 Å². The Labute approximate surface area is 242 Å². The van der Waals surface area contributed by atoms with Gasteiger partial charge in [-0.25, -0.2) is 14.7 Å². The van der Waals surface area contributed by atoms with E-state index in [-0.39, 0.29) is 27.6 Å². The number of rotatable bonds is 2. The van der Waals surface area contributed by atoms with Crippen molar-refractivity contribution in [3.8, 4) is 0 Å². The first-order chi connectivity index (χ1) is 19.3. The normalized spacial score (nSPS) is 22.1. The molecule has 218 valence electrons. The number of anilines is 2. The van der Waals surface area contributed by atoms with Gasteiger partial charge in [-0.1, -0.05) is 32.9 Å². The highest BCUT2D eigenvalue weighted by atomic mass is 32.2. The first kappa shape index (κ1) is 28.9. The highest BCUT2D eigenvalue weighted by Crippen LogP contribution is 2.41. The third-order valence-corrected chi connectivity index (χ3v) is 9.14. The summed E-state index contributed by atoms with van der Waals surface area (Å²) in [6, 6.07) is 13.7. The van der Waals surface area contributed by atoms with Gasteiger partial charge in [0.1, 0.15) is 11.6 Å². The molecule has 5 rings (SSSR count). The molecule has 2 aliphatic heterocycles. The van der Waals surface area contributed by atoms with Crippen LogP contribution >= 0.6 is 0 Å². The number of aromatic nitrogens is 3. The van der Waals surface area contributed by atoms with Crippen molar-refractivity contribution < 1.29 is 13.2 Å². The molecule has 0 radical (unpaired) electrons. The topological polar surface area (TPSA) is 143 Å². The van der Waals surface area contributed by atoms with Gasteiger partial charge in [0.05, 0.1) is 23.0 Å². The average Bonchev–Trinajstić information content (AvgIpc) is 3.23. The van der Waals surface area contributed by atoms with Crippen LogP contribution in [-0.2, 0) is 22.0 Å². The highest BCUT2D eigenvalue weighted by Gasteiger charge is 2.41. The quantitative estimate of drug-likeness (QED) is 0.406. The number of fused-ring (bicyclic) bond motifs is 6. The fraction of sp³-hybridized carbons (Fsp3) is 0.467. The Kier molecular flexibility index (Phi) is 7.54. The van der Waals surface area contributed by atoms with Gasteiger partial charge >= 0.3 is 0 Å². The van der Waals surface area contributed by atoms with Crippen LogP contribution in [0.3, 0.4) is 0 Å². The molecule has 1 fully saturated rings. The summed E-state index contributed by atoms with van der Waals surface area (Å²) in [7, 11) is -4.27. The van der Waals surface area contributed by atoms with E-state index in [0.29, 0.717) is 30.6 Å². The predicted molar refractivity (Wildman–Crippen MR) is 159 cm³/mol. The van der Waals surface area contributed by atoms with Gasteiger partial charge in [0.2, 0.25) is 0 Å². The molecule has 5 heterocycles. The molecule has 2 aliphatic rings. The number of carbonyl (C=O) groups excluding carboxylic acids is 1. The SMILES string of the molecule is CC(C)(C)c1ccc2c(n1)N1C[C@@H](CC[C@@H](c3cccc(CN)n3)Nc3cccc(n3)S(=O)(=O)NC2=O)CC1(C)C. The van der Waals surface area contributed by atoms with Crippen LogP contribution in [-0.4, -0.2) is 41.4 Å². The molecule has 10 nitrogen and oxygen atoms in total. The molecule has 0 saturated carbocycles. The van der Waals surface area contributed by atoms with Crippen LogP contribution in [0, 0.1) is 5.92 Å². The fourth-order valence-electron chi connectivity index (χ4n) is 5.76. The van der Waals surface area contributed by atoms with Crippen LogP contribution < -0.4 is 20.7 Å². The zero-order valence-corrected chi connectivity index (χ0v) is 25.1. The molecule has 0 unspecified atom stereocenters. The second-order valence-corrected chi connectivity index (χ2v) is 14.3. The monoisotopic (exact) mass is 577 g/mol. The number of pyridine rings is 3. The van der Waals surface area contributed by atoms with E-state index >= 15 is 0 Å². The van der Waals surface area contributed by atoms with E-state index in [1.54, 1.807) is 24.3 Å². The smallest absolute Gasteiger partial charge is 0.281 e. The average molecular weight is 578 g/mol. The molecule has 1 amide bonds. The van der Waals surface area contributed by atoms with Gasteiger partial charge in [-0.05, 0) is 75.4 Å². The van der Waals surface area contributed by atoms with Gasteiger partial charge in [-0.3, -0.25) is 9.78 Å². The third-order valence-electron chi connectivity index (χ3n) is 7.91. The van der Waals surface area contributed by atoms with Crippen molar-refractivity contribution in [1.29, 1.82) is 0 Å². The van der Waals surface area contributed by atoms with E-state index < -0.39 is 15.9 Å². The Morgan fingerprint density at radius 3 is 2.51 bits per heavy atom. The molecule has 4 bridgehead atoms. The molecule has 4 N–H and O–H groups in total. The van der Waals surface area contributed by atoms with Crippen LogP contribution in [0.2, 0.25) is 0 Å². The summed E-state index contributed by atoms with van der Waals surface area (Å²) >= 11 is 0. The van der Waals surface area contributed by atoms with Crippen molar-refractivity contribution in [3.05, 3.63) is 71.2 Å². The maximum atomic E-state index is 13.6. The number of nitrogens with two attached hydrogens (primary N) is 1. The first-order valence-corrected chi connectivity index (χ1v) is 15.5. The van der Waals surface area contributed by atoms with Crippen LogP contribution in [0.25, 0.3) is 0 Å². The maximum absolute atomic E-state index is 13.6. The lowest BCUT2D eigenvalue weighted by Crippen LogP contribution is -2.41. The number of hydrogen-bond acceptors (Lipinski definition) is 9. The number of carbonyl (C=O) groups is 1. The molecule has 3 aromatic heterocycles. The van der Waals surface area contributed by atoms with E-state index in [0.717, 1.165) is 36.3 Å². The molecular formula is C30H39N7O3S. The number of nitrogens with one attached hydrogen (secondary N) is 2. The lowest BCUT2D eigenvalue weighted by atomic mass is 9.90. The van der Waals surface area contributed by atoms with Crippen molar-refractivity contribution in [1.82, 2.24) is 19.7 Å². The lowest BCUT2D eigenvalue weighted by molar-refractivity contribution is 0.0981. The molecule has 0 spiro atoms. The molecular weight excluding hydrogens is 538 g/mol. The van der Waals surface area contributed by atoms with Crippen LogP contribution in [0.1, 0.15) is 87.4 Å². The van der Waals surface area contributed by atoms with Crippen molar-refractivity contribution in [2.45, 2.75) is 82.4 Å². The van der Waals surface area contributed by atoms with Crippen molar-refractivity contribution in [3.63, 3.8) is 0 Å². The molecule has 0 aliphatic carbocycles. The van der Waals surface area contributed by atoms with Crippen molar-refractivity contribution >= 4 is 27.6 Å². The first-order valence-electron chi connectivity index (χ1n) is 14.0. The van der Waals surface area contributed by atoms with Crippen molar-refractivity contribution in [2.24, 2.45) is 11.7 Å². The summed E-state index contributed by atoms with van der Waals surface area (Å²) < 4.78 is 29.0. The van der Waals surface area contributed by atoms with E-state index in [9.17, 15) is 13.2 Å². The molecule has 41 heavy (non-hydrogen) atoms. The summed E-state index contributed by atoms with van der Waals surface area (Å²) in [6.07, 6.45) is 2.52. The molecule has 3 aromatic rings. The minimum absolute atomic E-state index is 0.221. The Morgan fingerprint density at radius 1 is 1.02 bits per heavy atom. The number of nitrogens with zero attached hydrogens (tertiary/aromatic N) is 4. The summed E-state index contributed by atoms with van der Waals surface area (Å²) in [6.45, 7) is 11.5. The molecule has 2 atom stereocenters. The predicted octanol–water partition coefficient (Wildman–Crippen LogP) is 4.30. The standard InChI is InChI=1S/C30H39N7O3S/c1-29(2,3)24-15-13-21-27(34-24)37-18-19(16-30(37,4)5)12-14-23(22-9-6-8-20(17-31)32-22)33-25-10-7-11-26(35-25)41(39,40)36-28(21)38/h6-11,13,15,19,23H,12,14,16-18,31H2,1-5H3,(H,33,35)(H,36,38)/t19-,23-/m0/s1. The van der Waals surface area contributed by atoms with Crippen LogP contribution in [0.15, 0.2) is 53.6 Å². The van der Waals surface area contributed by atoms with Gasteiger partial charge in [0.15, 0.2) is 5.03 Å². The van der Waals surface area contributed by atoms with Gasteiger partial charge in [0.25, 0.3) is 15.9 Å². The van der Waals surface area contributed by atoms with E-state index in [1.165, 1.54) is 6.07 Å².